The smallest absolute Gasteiger partial charge is 0.315 e. The van der Waals surface area contributed by atoms with E-state index in [1.54, 1.807) is 6.07 Å². The van der Waals surface area contributed by atoms with Gasteiger partial charge in [-0.15, -0.1) is 0 Å². The highest BCUT2D eigenvalue weighted by Crippen LogP contribution is 2.43. The van der Waals surface area contributed by atoms with E-state index in [4.69, 9.17) is 0 Å². The highest BCUT2D eigenvalue weighted by atomic mass is 19.4. The highest BCUT2D eigenvalue weighted by Gasteiger charge is 2.61. The van der Waals surface area contributed by atoms with E-state index >= 15 is 0 Å². The van der Waals surface area contributed by atoms with Crippen LogP contribution in [0.2, 0.25) is 0 Å². The van der Waals surface area contributed by atoms with Crippen molar-refractivity contribution < 1.29 is 18.0 Å². The first-order valence-electron chi connectivity index (χ1n) is 6.71. The molecule has 0 bridgehead atoms. The Hall–Kier alpha value is -1.57. The molecule has 1 fully saturated rings. The molecule has 1 aliphatic heterocycles. The number of aromatic amines is 1. The van der Waals surface area contributed by atoms with Gasteiger partial charge in [-0.05, 0) is 13.0 Å². The fourth-order valence-electron chi connectivity index (χ4n) is 2.26. The SMILES string of the molecule is CC(C)(C)c1cc(NC(=O)C2(C(F)(F)F)CCNC2)n[nH]1. The van der Waals surface area contributed by atoms with Crippen molar-refractivity contribution in [2.24, 2.45) is 5.41 Å². The Kier molecular flexibility index (Phi) is 3.77. The minimum Gasteiger partial charge on any atom is -0.315 e. The monoisotopic (exact) mass is 304 g/mol. The maximum Gasteiger partial charge on any atom is 0.404 e. The molecule has 0 saturated carbocycles. The lowest BCUT2D eigenvalue weighted by Gasteiger charge is -2.28. The van der Waals surface area contributed by atoms with Crippen LogP contribution >= 0.6 is 0 Å². The fourth-order valence-corrected chi connectivity index (χ4v) is 2.26. The molecule has 21 heavy (non-hydrogen) atoms. The van der Waals surface area contributed by atoms with Crippen LogP contribution < -0.4 is 10.6 Å². The quantitative estimate of drug-likeness (QED) is 0.784. The first kappa shape index (κ1) is 15.8. The number of amides is 1. The summed E-state index contributed by atoms with van der Waals surface area (Å²) < 4.78 is 39.7. The number of hydrogen-bond donors (Lipinski definition) is 3. The second kappa shape index (κ2) is 5.01. The van der Waals surface area contributed by atoms with E-state index in [1.807, 2.05) is 20.8 Å². The van der Waals surface area contributed by atoms with Crippen molar-refractivity contribution in [3.8, 4) is 0 Å². The predicted molar refractivity (Wildman–Crippen MR) is 71.9 cm³/mol. The van der Waals surface area contributed by atoms with Gasteiger partial charge >= 0.3 is 6.18 Å². The summed E-state index contributed by atoms with van der Waals surface area (Å²) in [5.74, 6) is -0.951. The van der Waals surface area contributed by atoms with Gasteiger partial charge in [0.15, 0.2) is 11.2 Å². The van der Waals surface area contributed by atoms with Gasteiger partial charge in [-0.1, -0.05) is 20.8 Å². The van der Waals surface area contributed by atoms with Gasteiger partial charge in [0.2, 0.25) is 5.91 Å². The molecule has 118 valence electrons. The highest BCUT2D eigenvalue weighted by molar-refractivity contribution is 5.95. The van der Waals surface area contributed by atoms with Crippen molar-refractivity contribution >= 4 is 11.7 Å². The van der Waals surface area contributed by atoms with Crippen molar-refractivity contribution in [2.75, 3.05) is 18.4 Å². The molecule has 1 unspecified atom stereocenters. The first-order chi connectivity index (χ1) is 9.56. The largest absolute Gasteiger partial charge is 0.404 e. The zero-order valence-electron chi connectivity index (χ0n) is 12.2. The Bertz CT molecular complexity index is 524. The summed E-state index contributed by atoms with van der Waals surface area (Å²) in [5, 5.41) is 11.5. The van der Waals surface area contributed by atoms with Crippen LogP contribution in [0.1, 0.15) is 32.9 Å². The number of halogens is 3. The zero-order chi connectivity index (χ0) is 15.9. The molecule has 1 amide bonds. The number of aromatic nitrogens is 2. The lowest BCUT2D eigenvalue weighted by molar-refractivity contribution is -0.213. The van der Waals surface area contributed by atoms with Crippen LogP contribution in [-0.4, -0.2) is 35.4 Å². The summed E-state index contributed by atoms with van der Waals surface area (Å²) in [6, 6.07) is 1.56. The van der Waals surface area contributed by atoms with Crippen molar-refractivity contribution in [1.82, 2.24) is 15.5 Å². The molecule has 1 aliphatic rings. The molecule has 0 spiro atoms. The van der Waals surface area contributed by atoms with Crippen LogP contribution in [0, 0.1) is 5.41 Å². The van der Waals surface area contributed by atoms with Gasteiger partial charge in [-0.3, -0.25) is 9.89 Å². The Labute approximate surface area is 120 Å². The summed E-state index contributed by atoms with van der Waals surface area (Å²) in [6.07, 6.45) is -4.86. The molecule has 1 aromatic rings. The Balaban J connectivity index is 2.19. The van der Waals surface area contributed by atoms with Gasteiger partial charge in [0.05, 0.1) is 0 Å². The number of hydrogen-bond acceptors (Lipinski definition) is 3. The zero-order valence-corrected chi connectivity index (χ0v) is 12.2. The van der Waals surface area contributed by atoms with Crippen LogP contribution in [0.25, 0.3) is 0 Å². The third kappa shape index (κ3) is 2.90. The Morgan fingerprint density at radius 1 is 1.38 bits per heavy atom. The van der Waals surface area contributed by atoms with E-state index in [0.29, 0.717) is 0 Å². The van der Waals surface area contributed by atoms with Gasteiger partial charge in [0.1, 0.15) is 0 Å². The van der Waals surface area contributed by atoms with Crippen LogP contribution in [0.5, 0.6) is 0 Å². The number of alkyl halides is 3. The van der Waals surface area contributed by atoms with Crippen molar-refractivity contribution in [3.05, 3.63) is 11.8 Å². The van der Waals surface area contributed by atoms with Crippen molar-refractivity contribution in [1.29, 1.82) is 0 Å². The number of nitrogens with one attached hydrogen (secondary N) is 3. The van der Waals surface area contributed by atoms with Crippen LogP contribution in [-0.2, 0) is 10.2 Å². The Morgan fingerprint density at radius 3 is 2.48 bits per heavy atom. The molecule has 1 atom stereocenters. The first-order valence-corrected chi connectivity index (χ1v) is 6.71. The van der Waals surface area contributed by atoms with E-state index in [2.05, 4.69) is 20.8 Å². The van der Waals surface area contributed by atoms with Gasteiger partial charge < -0.3 is 10.6 Å². The summed E-state index contributed by atoms with van der Waals surface area (Å²) in [7, 11) is 0. The molecular formula is C13H19F3N4O. The van der Waals surface area contributed by atoms with Crippen molar-refractivity contribution in [3.63, 3.8) is 0 Å². The molecular weight excluding hydrogens is 285 g/mol. The summed E-state index contributed by atoms with van der Waals surface area (Å²) in [6.45, 7) is 5.57. The summed E-state index contributed by atoms with van der Waals surface area (Å²) >= 11 is 0. The second-order valence-electron chi connectivity index (χ2n) is 6.38. The average molecular weight is 304 g/mol. The van der Waals surface area contributed by atoms with E-state index in [1.165, 1.54) is 0 Å². The van der Waals surface area contributed by atoms with Gasteiger partial charge in [0, 0.05) is 23.7 Å². The molecule has 1 aromatic heterocycles. The number of carbonyl (C=O) groups excluding carboxylic acids is 1. The molecule has 0 aliphatic carbocycles. The molecule has 2 rings (SSSR count). The normalized spacial score (nSPS) is 23.3. The molecule has 0 aromatic carbocycles. The Morgan fingerprint density at radius 2 is 2.05 bits per heavy atom. The lowest BCUT2D eigenvalue weighted by Crippen LogP contribution is -2.49. The number of carbonyl (C=O) groups is 1. The maximum absolute atomic E-state index is 13.2. The fraction of sp³-hybridized carbons (Fsp3) is 0.692. The van der Waals surface area contributed by atoms with Gasteiger partial charge in [0.25, 0.3) is 0 Å². The summed E-state index contributed by atoms with van der Waals surface area (Å²) in [4.78, 5) is 12.1. The van der Waals surface area contributed by atoms with E-state index in [0.717, 1.165) is 5.69 Å². The lowest BCUT2D eigenvalue weighted by atomic mass is 9.85. The molecule has 0 radical (unpaired) electrons. The number of nitrogens with zero attached hydrogens (tertiary/aromatic N) is 1. The molecule has 3 N–H and O–H groups in total. The van der Waals surface area contributed by atoms with Gasteiger partial charge in [-0.2, -0.15) is 18.3 Å². The van der Waals surface area contributed by atoms with E-state index in [9.17, 15) is 18.0 Å². The summed E-state index contributed by atoms with van der Waals surface area (Å²) in [5.41, 5.74) is -1.87. The van der Waals surface area contributed by atoms with E-state index in [-0.39, 0.29) is 24.2 Å². The molecule has 5 nitrogen and oxygen atoms in total. The van der Waals surface area contributed by atoms with Crippen LogP contribution in [0.3, 0.4) is 0 Å². The average Bonchev–Trinajstić information content (AvgIpc) is 2.95. The van der Waals surface area contributed by atoms with E-state index < -0.39 is 24.0 Å². The minimum absolute atomic E-state index is 0.112. The standard InChI is InChI=1S/C13H19F3N4O/c1-11(2,3)8-6-9(20-19-8)18-10(21)12(13(14,15)16)4-5-17-7-12/h6,17H,4-5,7H2,1-3H3,(H2,18,19,20,21). The predicted octanol–water partition coefficient (Wildman–Crippen LogP) is 2.19. The molecule has 8 heteroatoms. The third-order valence-corrected chi connectivity index (χ3v) is 3.76. The number of anilines is 1. The molecule has 1 saturated heterocycles. The maximum atomic E-state index is 13.2. The molecule has 2 heterocycles. The number of rotatable bonds is 2. The topological polar surface area (TPSA) is 69.8 Å². The second-order valence-corrected chi connectivity index (χ2v) is 6.38. The minimum atomic E-state index is -4.59. The third-order valence-electron chi connectivity index (χ3n) is 3.76. The van der Waals surface area contributed by atoms with Crippen molar-refractivity contribution in [2.45, 2.75) is 38.8 Å². The van der Waals surface area contributed by atoms with Crippen LogP contribution in [0.15, 0.2) is 6.07 Å². The number of H-pyrrole nitrogens is 1. The van der Waals surface area contributed by atoms with Crippen LogP contribution in [0.4, 0.5) is 19.0 Å². The van der Waals surface area contributed by atoms with Gasteiger partial charge in [-0.25, -0.2) is 0 Å².